The fourth-order valence-corrected chi connectivity index (χ4v) is 3.37. The van der Waals surface area contributed by atoms with Crippen LogP contribution in [0.1, 0.15) is 18.7 Å². The van der Waals surface area contributed by atoms with Crippen molar-refractivity contribution in [3.05, 3.63) is 59.6 Å². The number of hydrogen-bond acceptors (Lipinski definition) is 6. The SMILES string of the molecule is Cc1nn(C(C)C(=O)Nc2ccc(S(=O)(=O)Nc3ncccn3)cc2)cc1Cl. The molecule has 146 valence electrons. The molecule has 2 heterocycles. The Morgan fingerprint density at radius 3 is 2.39 bits per heavy atom. The Bertz CT molecular complexity index is 1060. The summed E-state index contributed by atoms with van der Waals surface area (Å²) >= 11 is 5.97. The fourth-order valence-electron chi connectivity index (χ4n) is 2.27. The molecule has 0 aliphatic rings. The molecule has 11 heteroatoms. The predicted octanol–water partition coefficient (Wildman–Crippen LogP) is 2.64. The molecule has 0 bridgehead atoms. The van der Waals surface area contributed by atoms with Crippen molar-refractivity contribution in [1.29, 1.82) is 0 Å². The summed E-state index contributed by atoms with van der Waals surface area (Å²) in [6.07, 6.45) is 4.44. The van der Waals surface area contributed by atoms with Gasteiger partial charge in [-0.05, 0) is 44.2 Å². The number of amides is 1. The van der Waals surface area contributed by atoms with Gasteiger partial charge in [-0.2, -0.15) is 5.10 Å². The van der Waals surface area contributed by atoms with E-state index in [-0.39, 0.29) is 16.8 Å². The van der Waals surface area contributed by atoms with Crippen molar-refractivity contribution >= 4 is 39.2 Å². The number of halogens is 1. The number of anilines is 2. The number of aryl methyl sites for hydroxylation is 1. The van der Waals surface area contributed by atoms with Crippen LogP contribution in [-0.4, -0.2) is 34.1 Å². The highest BCUT2D eigenvalue weighted by Crippen LogP contribution is 2.19. The molecule has 0 aliphatic heterocycles. The Morgan fingerprint density at radius 2 is 1.82 bits per heavy atom. The number of rotatable bonds is 6. The van der Waals surface area contributed by atoms with Gasteiger partial charge in [0.25, 0.3) is 10.0 Å². The number of carbonyl (C=O) groups excluding carboxylic acids is 1. The van der Waals surface area contributed by atoms with Crippen molar-refractivity contribution in [2.45, 2.75) is 24.8 Å². The van der Waals surface area contributed by atoms with Gasteiger partial charge in [0.1, 0.15) is 6.04 Å². The first kappa shape index (κ1) is 19.8. The van der Waals surface area contributed by atoms with E-state index in [2.05, 4.69) is 25.1 Å². The smallest absolute Gasteiger partial charge is 0.264 e. The molecule has 2 aromatic heterocycles. The molecule has 1 aromatic carbocycles. The first-order valence-corrected chi connectivity index (χ1v) is 10.0. The van der Waals surface area contributed by atoms with E-state index >= 15 is 0 Å². The van der Waals surface area contributed by atoms with Gasteiger partial charge < -0.3 is 5.32 Å². The molecule has 1 unspecified atom stereocenters. The molecule has 0 saturated heterocycles. The summed E-state index contributed by atoms with van der Waals surface area (Å²) in [5.41, 5.74) is 1.08. The van der Waals surface area contributed by atoms with Crippen LogP contribution >= 0.6 is 11.6 Å². The molecular formula is C17H17ClN6O3S. The summed E-state index contributed by atoms with van der Waals surface area (Å²) in [6, 6.07) is 6.72. The van der Waals surface area contributed by atoms with Crippen LogP contribution < -0.4 is 10.0 Å². The highest BCUT2D eigenvalue weighted by Gasteiger charge is 2.19. The quantitative estimate of drug-likeness (QED) is 0.632. The zero-order chi connectivity index (χ0) is 20.3. The first-order valence-electron chi connectivity index (χ1n) is 8.18. The largest absolute Gasteiger partial charge is 0.324 e. The maximum atomic E-state index is 12.4. The molecule has 0 aliphatic carbocycles. The summed E-state index contributed by atoms with van der Waals surface area (Å²) in [7, 11) is -3.84. The van der Waals surface area contributed by atoms with E-state index in [1.54, 1.807) is 26.1 Å². The van der Waals surface area contributed by atoms with Gasteiger partial charge in [-0.3, -0.25) is 9.48 Å². The number of hydrogen-bond donors (Lipinski definition) is 2. The van der Waals surface area contributed by atoms with Crippen molar-refractivity contribution in [3.63, 3.8) is 0 Å². The average molecular weight is 421 g/mol. The van der Waals surface area contributed by atoms with Crippen molar-refractivity contribution in [3.8, 4) is 0 Å². The third-order valence-electron chi connectivity index (χ3n) is 3.86. The number of sulfonamides is 1. The van der Waals surface area contributed by atoms with E-state index in [1.807, 2.05) is 0 Å². The lowest BCUT2D eigenvalue weighted by atomic mass is 10.2. The number of aromatic nitrogens is 4. The van der Waals surface area contributed by atoms with Crippen LogP contribution in [0.2, 0.25) is 5.02 Å². The molecule has 9 nitrogen and oxygen atoms in total. The Kier molecular flexibility index (Phi) is 5.61. The maximum Gasteiger partial charge on any atom is 0.264 e. The van der Waals surface area contributed by atoms with Gasteiger partial charge in [0.15, 0.2) is 0 Å². The van der Waals surface area contributed by atoms with Gasteiger partial charge in [-0.15, -0.1) is 0 Å². The Morgan fingerprint density at radius 1 is 1.18 bits per heavy atom. The second-order valence-corrected chi connectivity index (χ2v) is 8.00. The van der Waals surface area contributed by atoms with Crippen LogP contribution in [-0.2, 0) is 14.8 Å². The van der Waals surface area contributed by atoms with Gasteiger partial charge in [0, 0.05) is 24.3 Å². The van der Waals surface area contributed by atoms with Crippen LogP contribution in [0.3, 0.4) is 0 Å². The van der Waals surface area contributed by atoms with Crippen LogP contribution in [0.4, 0.5) is 11.6 Å². The van der Waals surface area contributed by atoms with Crippen molar-refractivity contribution in [1.82, 2.24) is 19.7 Å². The van der Waals surface area contributed by atoms with Crippen LogP contribution in [0.5, 0.6) is 0 Å². The van der Waals surface area contributed by atoms with Gasteiger partial charge in [-0.1, -0.05) is 11.6 Å². The lowest BCUT2D eigenvalue weighted by Crippen LogP contribution is -2.24. The standard InChI is InChI=1S/C17H17ClN6O3S/c1-11-15(18)10-24(22-11)12(2)16(25)21-13-4-6-14(7-5-13)28(26,27)23-17-19-8-3-9-20-17/h3-10,12H,1-2H3,(H,21,25)(H,19,20,23). The zero-order valence-corrected chi connectivity index (χ0v) is 16.6. The third-order valence-corrected chi connectivity index (χ3v) is 5.57. The van der Waals surface area contributed by atoms with E-state index in [4.69, 9.17) is 11.6 Å². The molecule has 0 saturated carbocycles. The number of nitrogens with one attached hydrogen (secondary N) is 2. The topological polar surface area (TPSA) is 119 Å². The van der Waals surface area contributed by atoms with E-state index in [1.165, 1.54) is 41.3 Å². The fraction of sp³-hybridized carbons (Fsp3) is 0.176. The Balaban J connectivity index is 1.69. The molecule has 3 aromatic rings. The predicted molar refractivity (Wildman–Crippen MR) is 105 cm³/mol. The first-order chi connectivity index (χ1) is 13.3. The van der Waals surface area contributed by atoms with Gasteiger partial charge in [0.2, 0.25) is 11.9 Å². The van der Waals surface area contributed by atoms with Crippen molar-refractivity contribution in [2.75, 3.05) is 10.0 Å². The van der Waals surface area contributed by atoms with E-state index in [9.17, 15) is 13.2 Å². The highest BCUT2D eigenvalue weighted by atomic mass is 35.5. The lowest BCUT2D eigenvalue weighted by Gasteiger charge is -2.13. The van der Waals surface area contributed by atoms with Crippen LogP contribution in [0.15, 0.2) is 53.8 Å². The van der Waals surface area contributed by atoms with Crippen molar-refractivity contribution in [2.24, 2.45) is 0 Å². The number of benzene rings is 1. The molecule has 28 heavy (non-hydrogen) atoms. The highest BCUT2D eigenvalue weighted by molar-refractivity contribution is 7.92. The van der Waals surface area contributed by atoms with E-state index in [0.29, 0.717) is 16.4 Å². The van der Waals surface area contributed by atoms with Gasteiger partial charge in [-0.25, -0.2) is 23.1 Å². The summed E-state index contributed by atoms with van der Waals surface area (Å²) < 4.78 is 28.5. The van der Waals surface area contributed by atoms with Crippen molar-refractivity contribution < 1.29 is 13.2 Å². The second-order valence-electron chi connectivity index (χ2n) is 5.91. The normalized spacial score (nSPS) is 12.4. The summed E-state index contributed by atoms with van der Waals surface area (Å²) in [6.45, 7) is 3.43. The van der Waals surface area contributed by atoms with E-state index in [0.717, 1.165) is 0 Å². The molecular weight excluding hydrogens is 404 g/mol. The van der Waals surface area contributed by atoms with Gasteiger partial charge >= 0.3 is 0 Å². The summed E-state index contributed by atoms with van der Waals surface area (Å²) in [4.78, 5) is 20.1. The molecule has 0 radical (unpaired) electrons. The Labute approximate surface area is 166 Å². The minimum Gasteiger partial charge on any atom is -0.324 e. The van der Waals surface area contributed by atoms with E-state index < -0.39 is 16.1 Å². The number of carbonyl (C=O) groups is 1. The zero-order valence-electron chi connectivity index (χ0n) is 15.0. The molecule has 1 amide bonds. The van der Waals surface area contributed by atoms with Crippen LogP contribution in [0.25, 0.3) is 0 Å². The van der Waals surface area contributed by atoms with Gasteiger partial charge in [0.05, 0.1) is 15.6 Å². The molecule has 2 N–H and O–H groups in total. The number of nitrogens with zero attached hydrogens (tertiary/aromatic N) is 4. The molecule has 0 spiro atoms. The minimum absolute atomic E-state index is 0.0143. The molecule has 3 rings (SSSR count). The third kappa shape index (κ3) is 4.46. The lowest BCUT2D eigenvalue weighted by molar-refractivity contribution is -0.119. The second kappa shape index (κ2) is 7.95. The van der Waals surface area contributed by atoms with Crippen LogP contribution in [0, 0.1) is 6.92 Å². The summed E-state index contributed by atoms with van der Waals surface area (Å²) in [5, 5.41) is 7.37. The minimum atomic E-state index is -3.84. The average Bonchev–Trinajstić information content (AvgIpc) is 3.00. The monoisotopic (exact) mass is 420 g/mol. The maximum absolute atomic E-state index is 12.4. The Hall–Kier alpha value is -2.98. The summed E-state index contributed by atoms with van der Waals surface area (Å²) in [5.74, 6) is -0.340. The molecule has 1 atom stereocenters. The molecule has 0 fully saturated rings.